The number of methoxy groups -OCH3 is 1. The van der Waals surface area contributed by atoms with Gasteiger partial charge in [-0.25, -0.2) is 4.98 Å². The fraction of sp³-hybridized carbons (Fsp3) is 0.786. The average Bonchev–Trinajstić information content (AvgIpc) is 3.00. The van der Waals surface area contributed by atoms with Gasteiger partial charge in [0.25, 0.3) is 0 Å². The number of piperidine rings is 1. The van der Waals surface area contributed by atoms with Crippen molar-refractivity contribution < 1.29 is 4.74 Å². The van der Waals surface area contributed by atoms with Crippen molar-refractivity contribution >= 4 is 23.7 Å². The molecule has 0 aromatic carbocycles. The molecule has 3 rings (SSSR count). The maximum Gasteiger partial charge on any atom is 0.107 e. The van der Waals surface area contributed by atoms with Crippen LogP contribution in [0.4, 0.5) is 0 Å². The Labute approximate surface area is 131 Å². The second-order valence-corrected chi connectivity index (χ2v) is 7.06. The van der Waals surface area contributed by atoms with E-state index in [-0.39, 0.29) is 12.4 Å². The largest absolute Gasteiger partial charge is 0.379 e. The van der Waals surface area contributed by atoms with Crippen LogP contribution in [-0.4, -0.2) is 43.2 Å². The minimum atomic E-state index is 0. The van der Waals surface area contributed by atoms with E-state index in [1.165, 1.54) is 55.3 Å². The molecule has 1 spiro atoms. The lowest BCUT2D eigenvalue weighted by Crippen LogP contribution is -2.38. The normalized spacial score (nSPS) is 22.1. The molecule has 2 aliphatic rings. The van der Waals surface area contributed by atoms with Gasteiger partial charge in [-0.15, -0.1) is 23.7 Å². The van der Waals surface area contributed by atoms with Gasteiger partial charge in [-0.1, -0.05) is 0 Å². The van der Waals surface area contributed by atoms with Gasteiger partial charge in [0.15, 0.2) is 0 Å². The van der Waals surface area contributed by atoms with Crippen molar-refractivity contribution in [1.82, 2.24) is 15.2 Å². The first-order valence-corrected chi connectivity index (χ1v) is 7.97. The van der Waals surface area contributed by atoms with Crippen LogP contribution in [-0.2, 0) is 17.9 Å². The van der Waals surface area contributed by atoms with Crippen LogP contribution < -0.4 is 5.32 Å². The van der Waals surface area contributed by atoms with Crippen molar-refractivity contribution in [3.63, 3.8) is 0 Å². The van der Waals surface area contributed by atoms with Gasteiger partial charge in [0.05, 0.1) is 18.0 Å². The highest BCUT2D eigenvalue weighted by atomic mass is 35.5. The minimum absolute atomic E-state index is 0. The molecular formula is C14H24ClN3OS. The Bertz CT molecular complexity index is 420. The average molecular weight is 318 g/mol. The molecule has 6 heteroatoms. The van der Waals surface area contributed by atoms with Crippen molar-refractivity contribution in [2.75, 3.05) is 33.3 Å². The van der Waals surface area contributed by atoms with E-state index in [1.54, 1.807) is 18.4 Å². The van der Waals surface area contributed by atoms with Crippen LogP contribution >= 0.6 is 23.7 Å². The van der Waals surface area contributed by atoms with Crippen LogP contribution in [0, 0.1) is 5.41 Å². The van der Waals surface area contributed by atoms with Crippen molar-refractivity contribution in [3.8, 4) is 0 Å². The van der Waals surface area contributed by atoms with Gasteiger partial charge in [0.2, 0.25) is 0 Å². The van der Waals surface area contributed by atoms with Gasteiger partial charge in [-0.2, -0.15) is 0 Å². The lowest BCUT2D eigenvalue weighted by Gasteiger charge is -2.33. The van der Waals surface area contributed by atoms with E-state index < -0.39 is 0 Å². The molecule has 2 aliphatic heterocycles. The summed E-state index contributed by atoms with van der Waals surface area (Å²) in [5.41, 5.74) is 0.595. The molecule has 1 aromatic rings. The van der Waals surface area contributed by atoms with Crippen LogP contribution in [0.15, 0.2) is 6.20 Å². The molecule has 2 saturated heterocycles. The Morgan fingerprint density at radius 2 is 2.20 bits per heavy atom. The fourth-order valence-electron chi connectivity index (χ4n) is 3.35. The number of hydrogen-bond donors (Lipinski definition) is 1. The Balaban J connectivity index is 0.00000147. The van der Waals surface area contributed by atoms with Crippen molar-refractivity contribution in [2.24, 2.45) is 5.41 Å². The topological polar surface area (TPSA) is 37.4 Å². The molecule has 114 valence electrons. The van der Waals surface area contributed by atoms with E-state index in [4.69, 9.17) is 4.74 Å². The van der Waals surface area contributed by atoms with Crippen LogP contribution in [0.2, 0.25) is 0 Å². The maximum absolute atomic E-state index is 5.15. The number of rotatable bonds is 4. The number of ether oxygens (including phenoxy) is 1. The highest BCUT2D eigenvalue weighted by Crippen LogP contribution is 2.39. The smallest absolute Gasteiger partial charge is 0.107 e. The summed E-state index contributed by atoms with van der Waals surface area (Å²) >= 11 is 1.79. The molecule has 0 unspecified atom stereocenters. The van der Waals surface area contributed by atoms with Gasteiger partial charge >= 0.3 is 0 Å². The molecule has 2 fully saturated rings. The van der Waals surface area contributed by atoms with E-state index in [0.29, 0.717) is 12.0 Å². The van der Waals surface area contributed by atoms with E-state index in [1.807, 2.05) is 6.20 Å². The van der Waals surface area contributed by atoms with Crippen molar-refractivity contribution in [1.29, 1.82) is 0 Å². The van der Waals surface area contributed by atoms with E-state index in [9.17, 15) is 0 Å². The van der Waals surface area contributed by atoms with E-state index >= 15 is 0 Å². The molecule has 0 radical (unpaired) electrons. The standard InChI is InChI=1S/C14H23N3OS.ClH/c1-18-10-12-8-16-13(19-12)9-17-7-4-14(11-17)2-5-15-6-3-14;/h8,15H,2-7,9-11H2,1H3;1H. The summed E-state index contributed by atoms with van der Waals surface area (Å²) in [5, 5.41) is 4.71. The number of hydrogen-bond acceptors (Lipinski definition) is 5. The third-order valence-electron chi connectivity index (χ3n) is 4.43. The maximum atomic E-state index is 5.15. The first kappa shape index (κ1) is 16.2. The van der Waals surface area contributed by atoms with Crippen molar-refractivity contribution in [2.45, 2.75) is 32.4 Å². The summed E-state index contributed by atoms with van der Waals surface area (Å²) in [7, 11) is 1.74. The minimum Gasteiger partial charge on any atom is -0.379 e. The third-order valence-corrected chi connectivity index (χ3v) is 5.38. The Morgan fingerprint density at radius 1 is 1.40 bits per heavy atom. The lowest BCUT2D eigenvalue weighted by molar-refractivity contribution is 0.187. The molecule has 4 nitrogen and oxygen atoms in total. The SMILES string of the molecule is COCc1cnc(CN2CCC3(CCNCC3)C2)s1.Cl. The summed E-state index contributed by atoms with van der Waals surface area (Å²) in [5.74, 6) is 0. The van der Waals surface area contributed by atoms with Crippen LogP contribution in [0.5, 0.6) is 0 Å². The van der Waals surface area contributed by atoms with Crippen molar-refractivity contribution in [3.05, 3.63) is 16.1 Å². The van der Waals surface area contributed by atoms with Gasteiger partial charge in [-0.05, 0) is 44.3 Å². The Hall–Kier alpha value is -0.200. The lowest BCUT2D eigenvalue weighted by atomic mass is 9.78. The zero-order valence-electron chi connectivity index (χ0n) is 12.1. The second kappa shape index (κ2) is 7.18. The van der Waals surface area contributed by atoms with Gasteiger partial charge < -0.3 is 10.1 Å². The summed E-state index contributed by atoms with van der Waals surface area (Å²) in [4.78, 5) is 8.33. The van der Waals surface area contributed by atoms with Crippen LogP contribution in [0.3, 0.4) is 0 Å². The number of nitrogens with one attached hydrogen (secondary N) is 1. The van der Waals surface area contributed by atoms with Gasteiger partial charge in [0.1, 0.15) is 5.01 Å². The fourth-order valence-corrected chi connectivity index (χ4v) is 4.29. The summed E-state index contributed by atoms with van der Waals surface area (Å²) in [6.07, 6.45) is 6.01. The van der Waals surface area contributed by atoms with Gasteiger partial charge in [0, 0.05) is 19.9 Å². The molecule has 3 heterocycles. The number of halogens is 1. The molecular weight excluding hydrogens is 294 g/mol. The molecule has 0 amide bonds. The van der Waals surface area contributed by atoms with Gasteiger partial charge in [-0.3, -0.25) is 4.90 Å². The molecule has 1 N–H and O–H groups in total. The first-order chi connectivity index (χ1) is 9.30. The molecule has 1 aromatic heterocycles. The third kappa shape index (κ3) is 3.71. The van der Waals surface area contributed by atoms with Crippen LogP contribution in [0.25, 0.3) is 0 Å². The molecule has 20 heavy (non-hydrogen) atoms. The predicted molar refractivity (Wildman–Crippen MR) is 84.5 cm³/mol. The monoisotopic (exact) mass is 317 g/mol. The molecule has 0 bridgehead atoms. The molecule has 0 aliphatic carbocycles. The highest BCUT2D eigenvalue weighted by molar-refractivity contribution is 7.11. The molecule has 0 atom stereocenters. The zero-order chi connectivity index (χ0) is 13.1. The number of thiazole rings is 1. The quantitative estimate of drug-likeness (QED) is 0.924. The second-order valence-electron chi connectivity index (χ2n) is 5.86. The highest BCUT2D eigenvalue weighted by Gasteiger charge is 2.38. The first-order valence-electron chi connectivity index (χ1n) is 7.15. The number of nitrogens with zero attached hydrogens (tertiary/aromatic N) is 2. The number of likely N-dealkylation sites (tertiary alicyclic amines) is 1. The number of aromatic nitrogens is 1. The summed E-state index contributed by atoms with van der Waals surface area (Å²) in [6.45, 7) is 6.59. The zero-order valence-corrected chi connectivity index (χ0v) is 13.7. The van der Waals surface area contributed by atoms with E-state index in [0.717, 1.165) is 6.54 Å². The van der Waals surface area contributed by atoms with E-state index in [2.05, 4.69) is 15.2 Å². The Morgan fingerprint density at radius 3 is 2.95 bits per heavy atom. The molecule has 0 saturated carbocycles. The van der Waals surface area contributed by atoms with Crippen LogP contribution in [0.1, 0.15) is 29.1 Å². The predicted octanol–water partition coefficient (Wildman–Crippen LogP) is 2.29. The Kier molecular flexibility index (Phi) is 5.81. The summed E-state index contributed by atoms with van der Waals surface area (Å²) < 4.78 is 5.15. The summed E-state index contributed by atoms with van der Waals surface area (Å²) in [6, 6.07) is 0.